The summed E-state index contributed by atoms with van der Waals surface area (Å²) in [5, 5.41) is 18.1. The van der Waals surface area contributed by atoms with E-state index in [1.165, 1.54) is 18.2 Å². The average molecular weight is 178 g/mol. The quantitative estimate of drug-likeness (QED) is 0.608. The van der Waals surface area contributed by atoms with Crippen molar-refractivity contribution in [2.24, 2.45) is 0 Å². The van der Waals surface area contributed by atoms with E-state index in [0.29, 0.717) is 10.9 Å². The van der Waals surface area contributed by atoms with E-state index in [-0.39, 0.29) is 11.6 Å². The summed E-state index contributed by atoms with van der Waals surface area (Å²) in [6.07, 6.45) is 0. The first-order valence-corrected chi connectivity index (χ1v) is 3.57. The first kappa shape index (κ1) is 7.55. The second-order valence-electron chi connectivity index (χ2n) is 2.61. The van der Waals surface area contributed by atoms with Gasteiger partial charge in [0.2, 0.25) is 5.39 Å². The molecule has 5 heteroatoms. The lowest BCUT2D eigenvalue weighted by molar-refractivity contribution is 0.461. The molecule has 0 aliphatic rings. The lowest BCUT2D eigenvalue weighted by Gasteiger charge is -1.85. The fraction of sp³-hybridized carbons (Fsp3) is 0. The number of H-pyrrole nitrogens is 1. The smallest absolute Gasteiger partial charge is 0.453 e. The van der Waals surface area contributed by atoms with Crippen LogP contribution in [0.4, 0.5) is 10.1 Å². The number of diazo groups is 1. The van der Waals surface area contributed by atoms with Crippen LogP contribution in [0.5, 0.6) is 5.88 Å². The molecule has 13 heavy (non-hydrogen) atoms. The molecule has 0 aliphatic heterocycles. The monoisotopic (exact) mass is 178 g/mol. The van der Waals surface area contributed by atoms with Gasteiger partial charge in [-0.15, -0.1) is 0 Å². The van der Waals surface area contributed by atoms with Crippen LogP contribution in [0.2, 0.25) is 0 Å². The molecule has 1 aromatic carbocycles. The van der Waals surface area contributed by atoms with Gasteiger partial charge in [-0.05, 0) is 18.2 Å². The number of benzene rings is 1. The maximum absolute atomic E-state index is 12.7. The predicted octanol–water partition coefficient (Wildman–Crippen LogP) is 2.50. The topological polar surface area (TPSA) is 64.2 Å². The van der Waals surface area contributed by atoms with Gasteiger partial charge in [0, 0.05) is 0 Å². The van der Waals surface area contributed by atoms with Crippen molar-refractivity contribution < 1.29 is 9.50 Å². The molecule has 4 nitrogen and oxygen atoms in total. The fourth-order valence-corrected chi connectivity index (χ4v) is 1.24. The molecule has 0 bridgehead atoms. The van der Waals surface area contributed by atoms with Gasteiger partial charge in [-0.1, -0.05) is 0 Å². The van der Waals surface area contributed by atoms with Crippen LogP contribution in [0.15, 0.2) is 18.2 Å². The number of aromatic hydroxyl groups is 1. The third-order valence-corrected chi connectivity index (χ3v) is 1.81. The van der Waals surface area contributed by atoms with Gasteiger partial charge < -0.3 is 10.1 Å². The van der Waals surface area contributed by atoms with Gasteiger partial charge in [-0.2, -0.15) is 0 Å². The molecule has 0 unspecified atom stereocenters. The Bertz CT molecular complexity index is 512. The summed E-state index contributed by atoms with van der Waals surface area (Å²) >= 11 is 0. The van der Waals surface area contributed by atoms with E-state index in [1.54, 1.807) is 0 Å². The van der Waals surface area contributed by atoms with Crippen molar-refractivity contribution in [3.63, 3.8) is 0 Å². The molecule has 1 aromatic heterocycles. The minimum atomic E-state index is -0.448. The molecule has 2 rings (SSSR count). The van der Waals surface area contributed by atoms with Gasteiger partial charge in [0.1, 0.15) is 11.2 Å². The number of hydrogen-bond donors (Lipinski definition) is 2. The molecule has 2 aromatic rings. The summed E-state index contributed by atoms with van der Waals surface area (Å²) in [6.45, 7) is 0. The van der Waals surface area contributed by atoms with Crippen LogP contribution in [-0.2, 0) is 0 Å². The Morgan fingerprint density at radius 2 is 2.23 bits per heavy atom. The zero-order chi connectivity index (χ0) is 9.42. The largest absolute Gasteiger partial charge is 0.489 e. The second kappa shape index (κ2) is 2.45. The first-order chi connectivity index (χ1) is 6.22. The van der Waals surface area contributed by atoms with Crippen molar-refractivity contribution in [2.45, 2.75) is 0 Å². The van der Waals surface area contributed by atoms with Crippen molar-refractivity contribution in [1.29, 1.82) is 5.39 Å². The van der Waals surface area contributed by atoms with E-state index < -0.39 is 5.82 Å². The van der Waals surface area contributed by atoms with E-state index in [9.17, 15) is 9.50 Å². The zero-order valence-corrected chi connectivity index (χ0v) is 6.45. The first-order valence-electron chi connectivity index (χ1n) is 3.57. The molecule has 0 saturated carbocycles. The summed E-state index contributed by atoms with van der Waals surface area (Å²) in [5.74, 6) is -0.723. The lowest BCUT2D eigenvalue weighted by atomic mass is 10.2. The number of hydrogen-bond acceptors (Lipinski definition) is 2. The maximum atomic E-state index is 12.7. The molecule has 0 saturated heterocycles. The van der Waals surface area contributed by atoms with Crippen LogP contribution < -0.4 is 0 Å². The number of aromatic amines is 1. The molecular weight excluding hydrogens is 173 g/mol. The fourth-order valence-electron chi connectivity index (χ4n) is 1.24. The van der Waals surface area contributed by atoms with Crippen molar-refractivity contribution >= 4 is 16.6 Å². The van der Waals surface area contributed by atoms with Gasteiger partial charge in [0.15, 0.2) is 4.98 Å². The summed E-state index contributed by atoms with van der Waals surface area (Å²) < 4.78 is 12.7. The van der Waals surface area contributed by atoms with Crippen LogP contribution in [0.1, 0.15) is 0 Å². The summed E-state index contributed by atoms with van der Waals surface area (Å²) in [4.78, 5) is 5.39. The Morgan fingerprint density at radius 3 is 2.92 bits per heavy atom. The summed E-state index contributed by atoms with van der Waals surface area (Å²) in [5.41, 5.74) is 0.473. The van der Waals surface area contributed by atoms with E-state index in [2.05, 4.69) is 9.96 Å². The van der Waals surface area contributed by atoms with Crippen LogP contribution in [-0.4, -0.2) is 10.1 Å². The summed E-state index contributed by atoms with van der Waals surface area (Å²) in [6, 6.07) is 3.89. The number of nitrogens with zero attached hydrogens (tertiary/aromatic N) is 2. The SMILES string of the molecule is N#[N+]c1c(O)[nH]c2ccc(F)cc12. The minimum Gasteiger partial charge on any atom is -0.489 e. The Balaban J connectivity index is 2.91. The third kappa shape index (κ3) is 0.999. The predicted molar refractivity (Wildman–Crippen MR) is 44.7 cm³/mol. The second-order valence-corrected chi connectivity index (χ2v) is 2.61. The van der Waals surface area contributed by atoms with E-state index in [1.807, 2.05) is 0 Å². The van der Waals surface area contributed by atoms with Gasteiger partial charge >= 0.3 is 5.69 Å². The van der Waals surface area contributed by atoms with Gasteiger partial charge in [0.05, 0.1) is 5.52 Å². The van der Waals surface area contributed by atoms with Gasteiger partial charge in [0.25, 0.3) is 5.88 Å². The number of aromatic nitrogens is 1. The van der Waals surface area contributed by atoms with Gasteiger partial charge in [-0.3, -0.25) is 0 Å². The summed E-state index contributed by atoms with van der Waals surface area (Å²) in [7, 11) is 0. The highest BCUT2D eigenvalue weighted by Gasteiger charge is 2.21. The minimum absolute atomic E-state index is 0.0468. The highest BCUT2D eigenvalue weighted by Crippen LogP contribution is 2.35. The maximum Gasteiger partial charge on any atom is 0.453 e. The average Bonchev–Trinajstić information content (AvgIpc) is 2.40. The number of fused-ring (bicyclic) bond motifs is 1. The molecule has 1 heterocycles. The Labute approximate surface area is 72.2 Å². The van der Waals surface area contributed by atoms with E-state index >= 15 is 0 Å². The molecule has 64 valence electrons. The van der Waals surface area contributed by atoms with Crippen LogP contribution in [0.25, 0.3) is 15.9 Å². The number of rotatable bonds is 0. The van der Waals surface area contributed by atoms with Crippen molar-refractivity contribution in [1.82, 2.24) is 4.98 Å². The molecule has 0 aliphatic carbocycles. The lowest BCUT2D eigenvalue weighted by Crippen LogP contribution is -1.71. The molecule has 0 fully saturated rings. The highest BCUT2D eigenvalue weighted by atomic mass is 19.1. The molecule has 0 atom stereocenters. The number of halogens is 1. The Morgan fingerprint density at radius 1 is 1.46 bits per heavy atom. The molecule has 2 N–H and O–H groups in total. The van der Waals surface area contributed by atoms with Crippen LogP contribution in [0, 0.1) is 11.2 Å². The molecule has 0 amide bonds. The normalized spacial score (nSPS) is 10.2. The Kier molecular flexibility index (Phi) is 1.43. The zero-order valence-electron chi connectivity index (χ0n) is 6.45. The van der Waals surface area contributed by atoms with Crippen LogP contribution in [0.3, 0.4) is 0 Å². The van der Waals surface area contributed by atoms with Crippen LogP contribution >= 0.6 is 0 Å². The number of nitrogens with one attached hydrogen (secondary N) is 1. The molecular formula is C8H5FN3O+. The third-order valence-electron chi connectivity index (χ3n) is 1.81. The van der Waals surface area contributed by atoms with Crippen molar-refractivity contribution in [3.8, 4) is 5.88 Å². The van der Waals surface area contributed by atoms with Crippen molar-refractivity contribution in [3.05, 3.63) is 29.0 Å². The highest BCUT2D eigenvalue weighted by molar-refractivity contribution is 5.96. The Hall–Kier alpha value is -2.09. The standard InChI is InChI=1S/C8H4FN3O/c9-4-1-2-6-5(3-4)7(12-10)8(13)11-6/h1-3,10H/p+1. The molecule has 0 radical (unpaired) electrons. The van der Waals surface area contributed by atoms with E-state index in [0.717, 1.165) is 0 Å². The van der Waals surface area contributed by atoms with E-state index in [4.69, 9.17) is 5.39 Å². The van der Waals surface area contributed by atoms with Crippen molar-refractivity contribution in [2.75, 3.05) is 0 Å². The molecule has 0 spiro atoms. The van der Waals surface area contributed by atoms with Gasteiger partial charge in [-0.25, -0.2) is 4.39 Å².